The largest absolute Gasteiger partial charge is 0.447 e. The van der Waals surface area contributed by atoms with Crippen LogP contribution in [0.4, 0.5) is 4.79 Å². The fraction of sp³-hybridized carbons (Fsp3) is 0.333. The first-order chi connectivity index (χ1) is 13.6. The molecule has 0 saturated carbocycles. The highest BCUT2D eigenvalue weighted by molar-refractivity contribution is 9.10. The Labute approximate surface area is 172 Å². The van der Waals surface area contributed by atoms with Crippen molar-refractivity contribution in [2.24, 2.45) is 0 Å². The van der Waals surface area contributed by atoms with E-state index >= 15 is 0 Å². The van der Waals surface area contributed by atoms with E-state index in [1.54, 1.807) is 0 Å². The van der Waals surface area contributed by atoms with Gasteiger partial charge in [0.15, 0.2) is 0 Å². The van der Waals surface area contributed by atoms with Crippen molar-refractivity contribution in [3.05, 3.63) is 71.8 Å². The van der Waals surface area contributed by atoms with Gasteiger partial charge >= 0.3 is 6.09 Å². The zero-order valence-corrected chi connectivity index (χ0v) is 16.8. The minimum absolute atomic E-state index is 0.0389. The lowest BCUT2D eigenvalue weighted by molar-refractivity contribution is -0.131. The number of ether oxygens (including phenoxy) is 2. The van der Waals surface area contributed by atoms with Crippen LogP contribution in [0, 0.1) is 0 Å². The molecule has 28 heavy (non-hydrogen) atoms. The van der Waals surface area contributed by atoms with Gasteiger partial charge in [0.1, 0.15) is 11.4 Å². The van der Waals surface area contributed by atoms with Crippen molar-refractivity contribution in [1.82, 2.24) is 4.90 Å². The summed E-state index contributed by atoms with van der Waals surface area (Å²) in [5.41, 5.74) is 1.97. The molecule has 0 spiro atoms. The minimum atomic E-state index is -1.10. The number of aliphatic hydroxyl groups excluding tert-OH is 1. The van der Waals surface area contributed by atoms with Crippen LogP contribution in [0.25, 0.3) is 0 Å². The van der Waals surface area contributed by atoms with E-state index < -0.39 is 29.0 Å². The summed E-state index contributed by atoms with van der Waals surface area (Å²) in [7, 11) is 0. The van der Waals surface area contributed by atoms with E-state index in [0.717, 1.165) is 16.0 Å². The van der Waals surface area contributed by atoms with E-state index in [0.29, 0.717) is 13.0 Å². The standard InChI is InChI=1S/C21H22BrNO5/c22-19(18(24)14-27-12-16-9-5-2-6-10-16)20(25)23-17(13-28-21(23)26)11-15-7-3-1-4-8-15/h1-10,17-19,24H,11-14H2/t17-,18-,19+/m0/s1. The van der Waals surface area contributed by atoms with E-state index in [1.165, 1.54) is 0 Å². The number of cyclic esters (lactones) is 1. The van der Waals surface area contributed by atoms with Crippen LogP contribution in [0.1, 0.15) is 11.1 Å². The van der Waals surface area contributed by atoms with Gasteiger partial charge < -0.3 is 14.6 Å². The number of carbonyl (C=O) groups is 2. The average Bonchev–Trinajstić information content (AvgIpc) is 3.08. The predicted octanol–water partition coefficient (Wildman–Crippen LogP) is 2.92. The summed E-state index contributed by atoms with van der Waals surface area (Å²) in [4.78, 5) is 25.0. The van der Waals surface area contributed by atoms with Crippen molar-refractivity contribution in [3.8, 4) is 0 Å². The molecule has 3 atom stereocenters. The van der Waals surface area contributed by atoms with Crippen LogP contribution in [-0.2, 0) is 27.3 Å². The van der Waals surface area contributed by atoms with E-state index in [-0.39, 0.29) is 13.2 Å². The summed E-state index contributed by atoms with van der Waals surface area (Å²) < 4.78 is 10.6. The number of alkyl halides is 1. The molecule has 2 aromatic rings. The molecule has 6 nitrogen and oxygen atoms in total. The van der Waals surface area contributed by atoms with Crippen LogP contribution in [0.15, 0.2) is 60.7 Å². The van der Waals surface area contributed by atoms with Crippen LogP contribution < -0.4 is 0 Å². The van der Waals surface area contributed by atoms with E-state index in [9.17, 15) is 14.7 Å². The molecule has 1 heterocycles. The molecule has 2 aromatic carbocycles. The molecule has 7 heteroatoms. The van der Waals surface area contributed by atoms with Crippen LogP contribution >= 0.6 is 15.9 Å². The number of aliphatic hydroxyl groups is 1. The summed E-state index contributed by atoms with van der Waals surface area (Å²) >= 11 is 3.22. The number of imide groups is 1. The summed E-state index contributed by atoms with van der Waals surface area (Å²) in [6, 6.07) is 18.7. The average molecular weight is 448 g/mol. The Morgan fingerprint density at radius 1 is 1.14 bits per heavy atom. The predicted molar refractivity (Wildman–Crippen MR) is 107 cm³/mol. The Bertz CT molecular complexity index is 786. The van der Waals surface area contributed by atoms with Crippen LogP contribution in [0.2, 0.25) is 0 Å². The number of hydrogen-bond donors (Lipinski definition) is 1. The van der Waals surface area contributed by atoms with Gasteiger partial charge in [0, 0.05) is 0 Å². The number of carbonyl (C=O) groups excluding carboxylic acids is 2. The molecular weight excluding hydrogens is 426 g/mol. The first-order valence-corrected chi connectivity index (χ1v) is 9.95. The third-order valence-corrected chi connectivity index (χ3v) is 5.49. The van der Waals surface area contributed by atoms with Crippen molar-refractivity contribution >= 4 is 27.9 Å². The van der Waals surface area contributed by atoms with Gasteiger partial charge in [-0.3, -0.25) is 4.79 Å². The monoisotopic (exact) mass is 447 g/mol. The molecule has 0 unspecified atom stereocenters. The molecule has 1 aliphatic heterocycles. The van der Waals surface area contributed by atoms with Crippen LogP contribution in [-0.4, -0.2) is 52.2 Å². The van der Waals surface area contributed by atoms with E-state index in [2.05, 4.69) is 15.9 Å². The third kappa shape index (κ3) is 5.19. The van der Waals surface area contributed by atoms with Gasteiger partial charge in [0.25, 0.3) is 0 Å². The van der Waals surface area contributed by atoms with Crippen LogP contribution in [0.5, 0.6) is 0 Å². The molecule has 2 amide bonds. The van der Waals surface area contributed by atoms with Gasteiger partial charge in [-0.15, -0.1) is 0 Å². The molecular formula is C21H22BrNO5. The van der Waals surface area contributed by atoms with Gasteiger partial charge in [-0.25, -0.2) is 9.69 Å². The van der Waals surface area contributed by atoms with Crippen molar-refractivity contribution in [2.75, 3.05) is 13.2 Å². The Balaban J connectivity index is 1.56. The smallest absolute Gasteiger partial charge is 0.417 e. The lowest BCUT2D eigenvalue weighted by Crippen LogP contribution is -2.48. The molecule has 148 valence electrons. The fourth-order valence-electron chi connectivity index (χ4n) is 3.02. The van der Waals surface area contributed by atoms with Crippen molar-refractivity contribution in [2.45, 2.75) is 30.0 Å². The number of nitrogens with zero attached hydrogens (tertiary/aromatic N) is 1. The second-order valence-electron chi connectivity index (χ2n) is 6.60. The number of halogens is 1. The molecule has 1 N–H and O–H groups in total. The molecule has 0 radical (unpaired) electrons. The highest BCUT2D eigenvalue weighted by Gasteiger charge is 2.42. The Hall–Kier alpha value is -2.22. The second-order valence-corrected chi connectivity index (χ2v) is 7.59. The quantitative estimate of drug-likeness (QED) is 0.629. The normalized spacial score (nSPS) is 18.6. The minimum Gasteiger partial charge on any atom is -0.447 e. The molecule has 1 saturated heterocycles. The number of hydrogen-bond acceptors (Lipinski definition) is 5. The highest BCUT2D eigenvalue weighted by Crippen LogP contribution is 2.22. The van der Waals surface area contributed by atoms with Crippen molar-refractivity contribution in [1.29, 1.82) is 0 Å². The molecule has 3 rings (SSSR count). The van der Waals surface area contributed by atoms with E-state index in [1.807, 2.05) is 60.7 Å². The highest BCUT2D eigenvalue weighted by atomic mass is 79.9. The van der Waals surface area contributed by atoms with Crippen molar-refractivity contribution in [3.63, 3.8) is 0 Å². The maximum atomic E-state index is 12.8. The Kier molecular flexibility index (Phi) is 7.19. The number of amides is 2. The number of rotatable bonds is 8. The zero-order chi connectivity index (χ0) is 19.9. The lowest BCUT2D eigenvalue weighted by atomic mass is 10.1. The maximum absolute atomic E-state index is 12.8. The van der Waals surface area contributed by atoms with Crippen molar-refractivity contribution < 1.29 is 24.2 Å². The molecule has 0 aromatic heterocycles. The Morgan fingerprint density at radius 2 is 1.75 bits per heavy atom. The summed E-state index contributed by atoms with van der Waals surface area (Å²) in [5.74, 6) is -0.528. The summed E-state index contributed by atoms with van der Waals surface area (Å²) in [6.07, 6.45) is -1.28. The van der Waals surface area contributed by atoms with Gasteiger partial charge in [-0.05, 0) is 17.5 Å². The molecule has 0 bridgehead atoms. The third-order valence-electron chi connectivity index (χ3n) is 4.49. The molecule has 1 aliphatic rings. The van der Waals surface area contributed by atoms with Crippen LogP contribution in [0.3, 0.4) is 0 Å². The van der Waals surface area contributed by atoms with E-state index in [4.69, 9.17) is 9.47 Å². The molecule has 1 fully saturated rings. The lowest BCUT2D eigenvalue weighted by Gasteiger charge is -2.24. The van der Waals surface area contributed by atoms with Gasteiger partial charge in [0.2, 0.25) is 5.91 Å². The maximum Gasteiger partial charge on any atom is 0.417 e. The van der Waals surface area contributed by atoms with Gasteiger partial charge in [0.05, 0.1) is 25.4 Å². The first kappa shape index (κ1) is 20.5. The number of benzene rings is 2. The second kappa shape index (κ2) is 9.82. The first-order valence-electron chi connectivity index (χ1n) is 9.04. The van der Waals surface area contributed by atoms with Gasteiger partial charge in [-0.1, -0.05) is 76.6 Å². The summed E-state index contributed by atoms with van der Waals surface area (Å²) in [5, 5.41) is 10.3. The SMILES string of the molecule is O=C1OC[C@H](Cc2ccccc2)N1C(=O)[C@H](Br)[C@@H](O)COCc1ccccc1. The Morgan fingerprint density at radius 3 is 2.39 bits per heavy atom. The summed E-state index contributed by atoms with van der Waals surface area (Å²) in [6.45, 7) is 0.427. The zero-order valence-electron chi connectivity index (χ0n) is 15.2. The topological polar surface area (TPSA) is 76.1 Å². The van der Waals surface area contributed by atoms with Gasteiger partial charge in [-0.2, -0.15) is 0 Å². The molecule has 0 aliphatic carbocycles. The fourth-order valence-corrected chi connectivity index (χ4v) is 3.39.